The summed E-state index contributed by atoms with van der Waals surface area (Å²) in [6.07, 6.45) is 2.46. The van der Waals surface area contributed by atoms with Crippen LogP contribution in [0, 0.1) is 5.92 Å². The Kier molecular flexibility index (Phi) is 2.18. The normalized spacial score (nSPS) is 23.5. The van der Waals surface area contributed by atoms with Gasteiger partial charge in [0.05, 0.1) is 18.6 Å². The monoisotopic (exact) mass is 158 g/mol. The quantitative estimate of drug-likeness (QED) is 0.602. The smallest absolute Gasteiger partial charge is 0.311 e. The standard InChI is InChI=1S/C8H14O3/c1-6(7(9)11-2)8(10)4-3-5-8/h6,10H,3-5H2,1-2H3. The van der Waals surface area contributed by atoms with E-state index < -0.39 is 5.60 Å². The van der Waals surface area contributed by atoms with Gasteiger partial charge in [0.2, 0.25) is 0 Å². The molecule has 0 aromatic carbocycles. The molecule has 1 rings (SSSR count). The van der Waals surface area contributed by atoms with E-state index >= 15 is 0 Å². The predicted octanol–water partition coefficient (Wildman–Crippen LogP) is 0.710. The molecular weight excluding hydrogens is 144 g/mol. The van der Waals surface area contributed by atoms with Gasteiger partial charge in [0.15, 0.2) is 0 Å². The Morgan fingerprint density at radius 3 is 2.45 bits per heavy atom. The van der Waals surface area contributed by atoms with Crippen molar-refractivity contribution >= 4 is 5.97 Å². The first kappa shape index (κ1) is 8.53. The second-order valence-electron chi connectivity index (χ2n) is 3.20. The average Bonchev–Trinajstić information content (AvgIpc) is 1.97. The Hall–Kier alpha value is -0.570. The van der Waals surface area contributed by atoms with Crippen molar-refractivity contribution in [2.45, 2.75) is 31.8 Å². The van der Waals surface area contributed by atoms with E-state index in [0.29, 0.717) is 0 Å². The van der Waals surface area contributed by atoms with Gasteiger partial charge in [-0.05, 0) is 26.2 Å². The summed E-state index contributed by atoms with van der Waals surface area (Å²) in [4.78, 5) is 11.0. The number of methoxy groups -OCH3 is 1. The zero-order valence-corrected chi connectivity index (χ0v) is 6.96. The first-order valence-corrected chi connectivity index (χ1v) is 3.90. The molecule has 0 aliphatic heterocycles. The maximum atomic E-state index is 11.0. The Bertz CT molecular complexity index is 161. The Morgan fingerprint density at radius 1 is 1.64 bits per heavy atom. The Balaban J connectivity index is 2.52. The van der Waals surface area contributed by atoms with Gasteiger partial charge in [-0.15, -0.1) is 0 Å². The fourth-order valence-electron chi connectivity index (χ4n) is 1.37. The highest BCUT2D eigenvalue weighted by Crippen LogP contribution is 2.38. The fourth-order valence-corrected chi connectivity index (χ4v) is 1.37. The van der Waals surface area contributed by atoms with Crippen LogP contribution in [0.4, 0.5) is 0 Å². The van der Waals surface area contributed by atoms with Crippen LogP contribution in [0.5, 0.6) is 0 Å². The van der Waals surface area contributed by atoms with Crippen LogP contribution in [-0.4, -0.2) is 23.8 Å². The molecule has 1 atom stereocenters. The molecule has 1 N–H and O–H groups in total. The van der Waals surface area contributed by atoms with Crippen LogP contribution in [-0.2, 0) is 9.53 Å². The van der Waals surface area contributed by atoms with Crippen LogP contribution in [0.15, 0.2) is 0 Å². The highest BCUT2D eigenvalue weighted by molar-refractivity contribution is 5.73. The molecule has 1 unspecified atom stereocenters. The number of rotatable bonds is 2. The molecule has 1 saturated carbocycles. The summed E-state index contributed by atoms with van der Waals surface area (Å²) >= 11 is 0. The molecular formula is C8H14O3. The number of hydrogen-bond acceptors (Lipinski definition) is 3. The van der Waals surface area contributed by atoms with Crippen molar-refractivity contribution in [3.8, 4) is 0 Å². The van der Waals surface area contributed by atoms with Crippen LogP contribution >= 0.6 is 0 Å². The molecule has 3 nitrogen and oxygen atoms in total. The number of esters is 1. The van der Waals surface area contributed by atoms with Gasteiger partial charge in [-0.1, -0.05) is 0 Å². The molecule has 0 aromatic rings. The Labute approximate surface area is 66.4 Å². The topological polar surface area (TPSA) is 46.5 Å². The lowest BCUT2D eigenvalue weighted by atomic mass is 9.72. The maximum absolute atomic E-state index is 11.0. The average molecular weight is 158 g/mol. The molecule has 11 heavy (non-hydrogen) atoms. The summed E-state index contributed by atoms with van der Waals surface area (Å²) in [5, 5.41) is 9.68. The van der Waals surface area contributed by atoms with Crippen LogP contribution in [0.1, 0.15) is 26.2 Å². The lowest BCUT2D eigenvalue weighted by molar-refractivity contribution is -0.161. The van der Waals surface area contributed by atoms with E-state index in [1.165, 1.54) is 7.11 Å². The highest BCUT2D eigenvalue weighted by atomic mass is 16.5. The molecule has 1 aliphatic rings. The third kappa shape index (κ3) is 1.38. The molecule has 1 aliphatic carbocycles. The lowest BCUT2D eigenvalue weighted by Gasteiger charge is -2.40. The Morgan fingerprint density at radius 2 is 2.18 bits per heavy atom. The van der Waals surface area contributed by atoms with Gasteiger partial charge in [-0.2, -0.15) is 0 Å². The summed E-state index contributed by atoms with van der Waals surface area (Å²) in [6.45, 7) is 1.71. The van der Waals surface area contributed by atoms with Crippen molar-refractivity contribution in [3.63, 3.8) is 0 Å². The van der Waals surface area contributed by atoms with Gasteiger partial charge >= 0.3 is 5.97 Å². The van der Waals surface area contributed by atoms with Crippen LogP contribution in [0.25, 0.3) is 0 Å². The van der Waals surface area contributed by atoms with E-state index in [9.17, 15) is 9.90 Å². The van der Waals surface area contributed by atoms with Crippen molar-refractivity contribution < 1.29 is 14.6 Å². The maximum Gasteiger partial charge on any atom is 0.311 e. The predicted molar refractivity (Wildman–Crippen MR) is 40.0 cm³/mol. The molecule has 0 bridgehead atoms. The second-order valence-corrected chi connectivity index (χ2v) is 3.20. The number of carbonyl (C=O) groups excluding carboxylic acids is 1. The van der Waals surface area contributed by atoms with Crippen molar-refractivity contribution in [1.82, 2.24) is 0 Å². The molecule has 3 heteroatoms. The lowest BCUT2D eigenvalue weighted by Crippen LogP contribution is -2.46. The SMILES string of the molecule is COC(=O)C(C)C1(O)CCC1. The van der Waals surface area contributed by atoms with E-state index in [1.54, 1.807) is 6.92 Å². The first-order chi connectivity index (χ1) is 5.10. The van der Waals surface area contributed by atoms with Gasteiger partial charge in [-0.25, -0.2) is 0 Å². The molecule has 0 aromatic heterocycles. The van der Waals surface area contributed by atoms with Crippen molar-refractivity contribution in [3.05, 3.63) is 0 Å². The van der Waals surface area contributed by atoms with E-state index in [0.717, 1.165) is 19.3 Å². The van der Waals surface area contributed by atoms with Gasteiger partial charge < -0.3 is 9.84 Å². The zero-order valence-electron chi connectivity index (χ0n) is 6.96. The first-order valence-electron chi connectivity index (χ1n) is 3.90. The number of hydrogen-bond donors (Lipinski definition) is 1. The summed E-state index contributed by atoms with van der Waals surface area (Å²) in [7, 11) is 1.35. The molecule has 0 spiro atoms. The summed E-state index contributed by atoms with van der Waals surface area (Å²) < 4.78 is 4.54. The minimum Gasteiger partial charge on any atom is -0.469 e. The number of carbonyl (C=O) groups is 1. The van der Waals surface area contributed by atoms with Gasteiger partial charge in [-0.3, -0.25) is 4.79 Å². The minimum absolute atomic E-state index is 0.313. The van der Waals surface area contributed by atoms with Gasteiger partial charge in [0, 0.05) is 0 Å². The van der Waals surface area contributed by atoms with E-state index in [2.05, 4.69) is 4.74 Å². The number of ether oxygens (including phenoxy) is 1. The molecule has 0 amide bonds. The van der Waals surface area contributed by atoms with Crippen molar-refractivity contribution in [2.24, 2.45) is 5.92 Å². The van der Waals surface area contributed by atoms with Gasteiger partial charge in [0.25, 0.3) is 0 Å². The van der Waals surface area contributed by atoms with Crippen LogP contribution < -0.4 is 0 Å². The van der Waals surface area contributed by atoms with Gasteiger partial charge in [0.1, 0.15) is 0 Å². The molecule has 64 valence electrons. The van der Waals surface area contributed by atoms with Crippen LogP contribution in [0.3, 0.4) is 0 Å². The molecule has 0 saturated heterocycles. The van der Waals surface area contributed by atoms with Crippen LogP contribution in [0.2, 0.25) is 0 Å². The molecule has 0 radical (unpaired) electrons. The molecule has 1 fully saturated rings. The summed E-state index contributed by atoms with van der Waals surface area (Å²) in [5.41, 5.74) is -0.771. The summed E-state index contributed by atoms with van der Waals surface area (Å²) in [6, 6.07) is 0. The van der Waals surface area contributed by atoms with E-state index in [4.69, 9.17) is 0 Å². The summed E-state index contributed by atoms with van der Waals surface area (Å²) in [5.74, 6) is -0.687. The van der Waals surface area contributed by atoms with E-state index in [1.807, 2.05) is 0 Å². The number of aliphatic hydroxyl groups is 1. The fraction of sp³-hybridized carbons (Fsp3) is 0.875. The highest BCUT2D eigenvalue weighted by Gasteiger charge is 2.43. The zero-order chi connectivity index (χ0) is 8.48. The van der Waals surface area contributed by atoms with E-state index in [-0.39, 0.29) is 11.9 Å². The minimum atomic E-state index is -0.771. The second kappa shape index (κ2) is 2.81. The third-order valence-corrected chi connectivity index (χ3v) is 2.58. The van der Waals surface area contributed by atoms with Crippen molar-refractivity contribution in [2.75, 3.05) is 7.11 Å². The largest absolute Gasteiger partial charge is 0.469 e. The van der Waals surface area contributed by atoms with Crippen molar-refractivity contribution in [1.29, 1.82) is 0 Å². The third-order valence-electron chi connectivity index (χ3n) is 2.58. The molecule has 0 heterocycles.